The van der Waals surface area contributed by atoms with E-state index in [-0.39, 0.29) is 11.9 Å². The predicted molar refractivity (Wildman–Crippen MR) is 83.8 cm³/mol. The summed E-state index contributed by atoms with van der Waals surface area (Å²) in [6.45, 7) is 2.38. The summed E-state index contributed by atoms with van der Waals surface area (Å²) in [5, 5.41) is 0.438. The van der Waals surface area contributed by atoms with Crippen LogP contribution in [0.4, 0.5) is 4.39 Å². The highest BCUT2D eigenvalue weighted by molar-refractivity contribution is 6.30. The second-order valence-electron chi connectivity index (χ2n) is 5.65. The first-order chi connectivity index (χ1) is 10.1. The summed E-state index contributed by atoms with van der Waals surface area (Å²) in [7, 11) is 0. The number of benzene rings is 2. The Morgan fingerprint density at radius 1 is 1.14 bits per heavy atom. The fraction of sp³-hybridized carbons (Fsp3) is 0.294. The molecule has 2 atom stereocenters. The van der Waals surface area contributed by atoms with Crippen LogP contribution in [0.3, 0.4) is 0 Å². The van der Waals surface area contributed by atoms with E-state index in [2.05, 4.69) is 17.0 Å². The number of likely N-dealkylation sites (tertiary alicyclic amines) is 1. The molecule has 0 spiro atoms. The third-order valence-corrected chi connectivity index (χ3v) is 4.22. The quantitative estimate of drug-likeness (QED) is 0.941. The fourth-order valence-corrected chi connectivity index (χ4v) is 3.30. The lowest BCUT2D eigenvalue weighted by atomic mass is 9.95. The Morgan fingerprint density at radius 3 is 2.62 bits per heavy atom. The molecule has 1 heterocycles. The minimum absolute atomic E-state index is 0.108. The van der Waals surface area contributed by atoms with E-state index in [1.54, 1.807) is 0 Å². The second-order valence-corrected chi connectivity index (χ2v) is 6.09. The molecule has 0 unspecified atom stereocenters. The zero-order valence-electron chi connectivity index (χ0n) is 11.7. The summed E-state index contributed by atoms with van der Waals surface area (Å²) in [4.78, 5) is 2.26. The van der Waals surface area contributed by atoms with Crippen molar-refractivity contribution in [2.45, 2.75) is 18.5 Å². The Morgan fingerprint density at radius 2 is 1.90 bits per heavy atom. The number of nitrogens with two attached hydrogens (primary N) is 1. The molecule has 1 aliphatic heterocycles. The first kappa shape index (κ1) is 14.5. The topological polar surface area (TPSA) is 29.3 Å². The highest BCUT2D eigenvalue weighted by Crippen LogP contribution is 2.27. The Labute approximate surface area is 129 Å². The summed E-state index contributed by atoms with van der Waals surface area (Å²) in [6.07, 6.45) is 0. The third kappa shape index (κ3) is 3.43. The zero-order valence-corrected chi connectivity index (χ0v) is 12.4. The molecule has 2 N–H and O–H groups in total. The van der Waals surface area contributed by atoms with Gasteiger partial charge in [0.15, 0.2) is 0 Å². The van der Waals surface area contributed by atoms with Crippen LogP contribution in [0.25, 0.3) is 0 Å². The second kappa shape index (κ2) is 6.14. The maximum atomic E-state index is 13.4. The Balaban J connectivity index is 1.71. The van der Waals surface area contributed by atoms with Gasteiger partial charge in [-0.3, -0.25) is 4.90 Å². The van der Waals surface area contributed by atoms with Crippen molar-refractivity contribution in [3.05, 3.63) is 70.5 Å². The summed E-state index contributed by atoms with van der Waals surface area (Å²) in [6, 6.07) is 15.1. The standard InChI is InChI=1S/C17H18ClFN2/c18-14-6-12(7-15(19)8-14)9-21-10-16(17(20)11-21)13-4-2-1-3-5-13/h1-8,16-17H,9-11,20H2/t16-,17+/m0/s1. The van der Waals surface area contributed by atoms with Gasteiger partial charge in [0.1, 0.15) is 5.82 Å². The Bertz CT molecular complexity index is 597. The number of hydrogen-bond donors (Lipinski definition) is 1. The van der Waals surface area contributed by atoms with Gasteiger partial charge in [-0.15, -0.1) is 0 Å². The number of nitrogens with zero attached hydrogens (tertiary/aromatic N) is 1. The average Bonchev–Trinajstić information content (AvgIpc) is 2.79. The average molecular weight is 305 g/mol. The number of halogens is 2. The normalized spacial score (nSPS) is 22.6. The van der Waals surface area contributed by atoms with E-state index in [1.807, 2.05) is 24.3 Å². The minimum Gasteiger partial charge on any atom is -0.326 e. The highest BCUT2D eigenvalue weighted by atomic mass is 35.5. The van der Waals surface area contributed by atoms with Crippen molar-refractivity contribution in [1.29, 1.82) is 0 Å². The van der Waals surface area contributed by atoms with Gasteiger partial charge < -0.3 is 5.73 Å². The lowest BCUT2D eigenvalue weighted by molar-refractivity contribution is 0.323. The molecular weight excluding hydrogens is 287 g/mol. The van der Waals surface area contributed by atoms with Gasteiger partial charge in [-0.1, -0.05) is 41.9 Å². The molecule has 0 aromatic heterocycles. The van der Waals surface area contributed by atoms with E-state index in [0.717, 1.165) is 18.7 Å². The molecule has 0 aliphatic carbocycles. The number of hydrogen-bond acceptors (Lipinski definition) is 2. The fourth-order valence-electron chi connectivity index (χ4n) is 3.06. The molecule has 21 heavy (non-hydrogen) atoms. The summed E-state index contributed by atoms with van der Waals surface area (Å²) in [5.41, 5.74) is 8.43. The van der Waals surface area contributed by atoms with Gasteiger partial charge in [0.25, 0.3) is 0 Å². The Kier molecular flexibility index (Phi) is 4.24. The molecule has 0 radical (unpaired) electrons. The monoisotopic (exact) mass is 304 g/mol. The molecule has 3 rings (SSSR count). The summed E-state index contributed by atoms with van der Waals surface area (Å²) < 4.78 is 13.4. The molecule has 1 saturated heterocycles. The molecule has 2 aromatic rings. The van der Waals surface area contributed by atoms with Gasteiger partial charge in [0, 0.05) is 36.6 Å². The van der Waals surface area contributed by atoms with Gasteiger partial charge in [-0.05, 0) is 29.3 Å². The predicted octanol–water partition coefficient (Wildman–Crippen LogP) is 3.41. The summed E-state index contributed by atoms with van der Waals surface area (Å²) in [5.74, 6) is 0.0378. The van der Waals surface area contributed by atoms with Crippen LogP contribution in [0.2, 0.25) is 5.02 Å². The van der Waals surface area contributed by atoms with Crippen molar-refractivity contribution >= 4 is 11.6 Å². The molecule has 4 heteroatoms. The smallest absolute Gasteiger partial charge is 0.125 e. The van der Waals surface area contributed by atoms with E-state index in [4.69, 9.17) is 17.3 Å². The van der Waals surface area contributed by atoms with Crippen LogP contribution >= 0.6 is 11.6 Å². The molecule has 0 saturated carbocycles. The van der Waals surface area contributed by atoms with Crippen molar-refractivity contribution in [1.82, 2.24) is 4.90 Å². The van der Waals surface area contributed by atoms with Gasteiger partial charge in [-0.25, -0.2) is 4.39 Å². The van der Waals surface area contributed by atoms with E-state index in [0.29, 0.717) is 17.5 Å². The lowest BCUT2D eigenvalue weighted by Gasteiger charge is -2.16. The maximum absolute atomic E-state index is 13.4. The van der Waals surface area contributed by atoms with Gasteiger partial charge >= 0.3 is 0 Å². The Hall–Kier alpha value is -1.42. The van der Waals surface area contributed by atoms with Crippen LogP contribution in [0, 0.1) is 5.82 Å². The SMILES string of the molecule is N[C@@H]1CN(Cc2cc(F)cc(Cl)c2)C[C@H]1c1ccccc1. The lowest BCUT2D eigenvalue weighted by Crippen LogP contribution is -2.28. The van der Waals surface area contributed by atoms with Crippen LogP contribution in [-0.2, 0) is 6.54 Å². The molecule has 0 bridgehead atoms. The van der Waals surface area contributed by atoms with E-state index in [1.165, 1.54) is 17.7 Å². The molecule has 2 nitrogen and oxygen atoms in total. The van der Waals surface area contributed by atoms with Crippen molar-refractivity contribution in [3.63, 3.8) is 0 Å². The minimum atomic E-state index is -0.291. The van der Waals surface area contributed by atoms with Crippen LogP contribution in [0.5, 0.6) is 0 Å². The zero-order chi connectivity index (χ0) is 14.8. The van der Waals surface area contributed by atoms with Crippen molar-refractivity contribution in [2.75, 3.05) is 13.1 Å². The van der Waals surface area contributed by atoms with Gasteiger partial charge in [-0.2, -0.15) is 0 Å². The molecule has 1 fully saturated rings. The van der Waals surface area contributed by atoms with Crippen LogP contribution in [0.1, 0.15) is 17.0 Å². The van der Waals surface area contributed by atoms with E-state index >= 15 is 0 Å². The largest absolute Gasteiger partial charge is 0.326 e. The molecule has 1 aliphatic rings. The van der Waals surface area contributed by atoms with Crippen LogP contribution in [0.15, 0.2) is 48.5 Å². The first-order valence-electron chi connectivity index (χ1n) is 7.09. The van der Waals surface area contributed by atoms with Gasteiger partial charge in [0.2, 0.25) is 0 Å². The first-order valence-corrected chi connectivity index (χ1v) is 7.47. The van der Waals surface area contributed by atoms with Crippen molar-refractivity contribution < 1.29 is 4.39 Å². The van der Waals surface area contributed by atoms with Crippen molar-refractivity contribution in [3.8, 4) is 0 Å². The summed E-state index contributed by atoms with van der Waals surface area (Å²) >= 11 is 5.91. The van der Waals surface area contributed by atoms with Crippen molar-refractivity contribution in [2.24, 2.45) is 5.73 Å². The van der Waals surface area contributed by atoms with Crippen LogP contribution < -0.4 is 5.73 Å². The molecular formula is C17H18ClFN2. The third-order valence-electron chi connectivity index (χ3n) is 4.00. The molecule has 0 amide bonds. The maximum Gasteiger partial charge on any atom is 0.125 e. The van der Waals surface area contributed by atoms with E-state index < -0.39 is 0 Å². The van der Waals surface area contributed by atoms with Gasteiger partial charge in [0.05, 0.1) is 0 Å². The number of rotatable bonds is 3. The van der Waals surface area contributed by atoms with E-state index in [9.17, 15) is 4.39 Å². The molecule has 110 valence electrons. The highest BCUT2D eigenvalue weighted by Gasteiger charge is 2.31. The molecule has 2 aromatic carbocycles. The van der Waals surface area contributed by atoms with Crippen LogP contribution in [-0.4, -0.2) is 24.0 Å².